The maximum atomic E-state index is 12.4. The first-order valence-electron chi connectivity index (χ1n) is 6.07. The topological polar surface area (TPSA) is 49.0 Å². The summed E-state index contributed by atoms with van der Waals surface area (Å²) in [5.41, 5.74) is 1.59. The minimum absolute atomic E-state index is 0.125. The van der Waals surface area contributed by atoms with Crippen LogP contribution in [0, 0.1) is 0 Å². The van der Waals surface area contributed by atoms with Crippen LogP contribution in [0.5, 0.6) is 0 Å². The first-order chi connectivity index (χ1) is 8.36. The number of carbonyl (C=O) groups excluding carboxylic acids is 1. The Hall–Kier alpha value is -1.84. The molecule has 2 heterocycles. The van der Waals surface area contributed by atoms with Crippen molar-refractivity contribution in [3.63, 3.8) is 0 Å². The quantitative estimate of drug-likeness (QED) is 0.814. The van der Waals surface area contributed by atoms with E-state index in [-0.39, 0.29) is 5.91 Å². The predicted octanol–water partition coefficient (Wildman–Crippen LogP) is 2.19. The van der Waals surface area contributed by atoms with Crippen molar-refractivity contribution in [2.24, 2.45) is 0 Å². The summed E-state index contributed by atoms with van der Waals surface area (Å²) in [7, 11) is 0. The number of fused-ring (bicyclic) bond motifs is 1. The molecule has 0 saturated carbocycles. The monoisotopic (exact) mass is 229 g/mol. The van der Waals surface area contributed by atoms with Crippen molar-refractivity contribution in [2.45, 2.75) is 19.3 Å². The molecule has 1 aromatic heterocycles. The zero-order valence-corrected chi connectivity index (χ0v) is 9.65. The van der Waals surface area contributed by atoms with Gasteiger partial charge in [-0.2, -0.15) is 5.10 Å². The van der Waals surface area contributed by atoms with Gasteiger partial charge < -0.3 is 4.90 Å². The Labute approximate surface area is 99.6 Å². The molecule has 4 heteroatoms. The number of H-pyrrole nitrogens is 1. The van der Waals surface area contributed by atoms with Crippen molar-refractivity contribution < 1.29 is 4.79 Å². The van der Waals surface area contributed by atoms with Gasteiger partial charge in [0, 0.05) is 18.5 Å². The van der Waals surface area contributed by atoms with Gasteiger partial charge in [-0.1, -0.05) is 12.1 Å². The number of benzene rings is 1. The molecule has 0 spiro atoms. The standard InChI is InChI=1S/C13H15N3O/c17-13(16-7-2-1-3-8-16)11-6-4-5-10-9-14-15-12(10)11/h4-6,9H,1-3,7-8H2,(H,14,15). The van der Waals surface area contributed by atoms with Gasteiger partial charge in [0.2, 0.25) is 0 Å². The highest BCUT2D eigenvalue weighted by Crippen LogP contribution is 2.19. The third-order valence-corrected chi connectivity index (χ3v) is 3.35. The van der Waals surface area contributed by atoms with E-state index in [4.69, 9.17) is 0 Å². The van der Waals surface area contributed by atoms with Gasteiger partial charge in [0.15, 0.2) is 0 Å². The smallest absolute Gasteiger partial charge is 0.256 e. The fourth-order valence-corrected chi connectivity index (χ4v) is 2.41. The highest BCUT2D eigenvalue weighted by molar-refractivity contribution is 6.05. The van der Waals surface area contributed by atoms with Crippen LogP contribution in [0.25, 0.3) is 10.9 Å². The molecular formula is C13H15N3O. The normalized spacial score (nSPS) is 16.4. The number of likely N-dealkylation sites (tertiary alicyclic amines) is 1. The largest absolute Gasteiger partial charge is 0.339 e. The van der Waals surface area contributed by atoms with Crippen molar-refractivity contribution in [1.29, 1.82) is 0 Å². The third kappa shape index (κ3) is 1.79. The zero-order valence-electron chi connectivity index (χ0n) is 9.65. The van der Waals surface area contributed by atoms with E-state index in [1.807, 2.05) is 23.1 Å². The maximum Gasteiger partial charge on any atom is 0.256 e. The second kappa shape index (κ2) is 4.20. The number of aromatic amines is 1. The lowest BCUT2D eigenvalue weighted by molar-refractivity contribution is 0.0726. The highest BCUT2D eigenvalue weighted by Gasteiger charge is 2.20. The Balaban J connectivity index is 1.97. The number of para-hydroxylation sites is 1. The van der Waals surface area contributed by atoms with Crippen LogP contribution in [-0.2, 0) is 0 Å². The van der Waals surface area contributed by atoms with E-state index in [0.717, 1.165) is 42.4 Å². The molecule has 1 aliphatic rings. The summed E-state index contributed by atoms with van der Waals surface area (Å²) >= 11 is 0. The van der Waals surface area contributed by atoms with Crippen LogP contribution >= 0.6 is 0 Å². The Kier molecular flexibility index (Phi) is 2.55. The average molecular weight is 229 g/mol. The van der Waals surface area contributed by atoms with E-state index in [0.29, 0.717) is 0 Å². The number of hydrogen-bond acceptors (Lipinski definition) is 2. The zero-order chi connectivity index (χ0) is 11.7. The number of carbonyl (C=O) groups is 1. The van der Waals surface area contributed by atoms with Gasteiger partial charge in [0.1, 0.15) is 0 Å². The van der Waals surface area contributed by atoms with Gasteiger partial charge in [-0.25, -0.2) is 0 Å². The third-order valence-electron chi connectivity index (χ3n) is 3.35. The molecule has 17 heavy (non-hydrogen) atoms. The fourth-order valence-electron chi connectivity index (χ4n) is 2.41. The van der Waals surface area contributed by atoms with E-state index < -0.39 is 0 Å². The molecule has 1 fully saturated rings. The van der Waals surface area contributed by atoms with Crippen molar-refractivity contribution in [3.05, 3.63) is 30.0 Å². The summed E-state index contributed by atoms with van der Waals surface area (Å²) < 4.78 is 0. The Bertz CT molecular complexity index is 540. The highest BCUT2D eigenvalue weighted by atomic mass is 16.2. The molecular weight excluding hydrogens is 214 g/mol. The second-order valence-electron chi connectivity index (χ2n) is 4.49. The molecule has 1 saturated heterocycles. The van der Waals surface area contributed by atoms with Crippen LogP contribution in [0.3, 0.4) is 0 Å². The Morgan fingerprint density at radius 3 is 2.88 bits per heavy atom. The molecule has 4 nitrogen and oxygen atoms in total. The first kappa shape index (κ1) is 10.3. The van der Waals surface area contributed by atoms with E-state index in [1.165, 1.54) is 6.42 Å². The fraction of sp³-hybridized carbons (Fsp3) is 0.385. The summed E-state index contributed by atoms with van der Waals surface area (Å²) in [4.78, 5) is 14.3. The lowest BCUT2D eigenvalue weighted by atomic mass is 10.1. The van der Waals surface area contributed by atoms with Gasteiger partial charge in [0.25, 0.3) is 5.91 Å². The molecule has 1 aromatic carbocycles. The lowest BCUT2D eigenvalue weighted by Crippen LogP contribution is -2.35. The molecule has 0 aliphatic carbocycles. The van der Waals surface area contributed by atoms with Crippen LogP contribution in [0.2, 0.25) is 0 Å². The molecule has 1 aliphatic heterocycles. The van der Waals surface area contributed by atoms with Gasteiger partial charge in [0.05, 0.1) is 17.3 Å². The number of nitrogens with zero attached hydrogens (tertiary/aromatic N) is 2. The number of aromatic nitrogens is 2. The molecule has 1 amide bonds. The predicted molar refractivity (Wildman–Crippen MR) is 65.8 cm³/mol. The SMILES string of the molecule is O=C(c1cccc2cn[nH]c12)N1CCCCC1. The summed E-state index contributed by atoms with van der Waals surface area (Å²) in [6.07, 6.45) is 5.22. The number of hydrogen-bond donors (Lipinski definition) is 1. The first-order valence-corrected chi connectivity index (χ1v) is 6.07. The van der Waals surface area contributed by atoms with Crippen molar-refractivity contribution in [3.8, 4) is 0 Å². The van der Waals surface area contributed by atoms with Crippen LogP contribution < -0.4 is 0 Å². The van der Waals surface area contributed by atoms with E-state index in [9.17, 15) is 4.79 Å². The Morgan fingerprint density at radius 1 is 1.24 bits per heavy atom. The van der Waals surface area contributed by atoms with Crippen molar-refractivity contribution >= 4 is 16.8 Å². The van der Waals surface area contributed by atoms with Crippen molar-refractivity contribution in [1.82, 2.24) is 15.1 Å². The summed E-state index contributed by atoms with van der Waals surface area (Å²) in [5, 5.41) is 7.90. The minimum atomic E-state index is 0.125. The summed E-state index contributed by atoms with van der Waals surface area (Å²) in [5.74, 6) is 0.125. The number of amides is 1. The second-order valence-corrected chi connectivity index (χ2v) is 4.49. The van der Waals surface area contributed by atoms with Gasteiger partial charge in [-0.15, -0.1) is 0 Å². The molecule has 0 unspecified atom stereocenters. The minimum Gasteiger partial charge on any atom is -0.339 e. The van der Waals surface area contributed by atoms with Gasteiger partial charge >= 0.3 is 0 Å². The van der Waals surface area contributed by atoms with Crippen LogP contribution in [0.15, 0.2) is 24.4 Å². The molecule has 0 atom stereocenters. The number of nitrogens with one attached hydrogen (secondary N) is 1. The van der Waals surface area contributed by atoms with E-state index in [2.05, 4.69) is 10.2 Å². The maximum absolute atomic E-state index is 12.4. The van der Waals surface area contributed by atoms with E-state index >= 15 is 0 Å². The number of rotatable bonds is 1. The Morgan fingerprint density at radius 2 is 2.06 bits per heavy atom. The van der Waals surface area contributed by atoms with Crippen LogP contribution in [0.1, 0.15) is 29.6 Å². The van der Waals surface area contributed by atoms with Gasteiger partial charge in [-0.3, -0.25) is 9.89 Å². The molecule has 88 valence electrons. The molecule has 0 radical (unpaired) electrons. The number of piperidine rings is 1. The molecule has 1 N–H and O–H groups in total. The van der Waals surface area contributed by atoms with Gasteiger partial charge in [-0.05, 0) is 25.3 Å². The average Bonchev–Trinajstić information content (AvgIpc) is 2.87. The molecule has 2 aromatic rings. The van der Waals surface area contributed by atoms with Crippen molar-refractivity contribution in [2.75, 3.05) is 13.1 Å². The molecule has 3 rings (SSSR count). The van der Waals surface area contributed by atoms with Crippen LogP contribution in [-0.4, -0.2) is 34.1 Å². The van der Waals surface area contributed by atoms with Crippen LogP contribution in [0.4, 0.5) is 0 Å². The molecule has 0 bridgehead atoms. The summed E-state index contributed by atoms with van der Waals surface area (Å²) in [6.45, 7) is 1.76. The summed E-state index contributed by atoms with van der Waals surface area (Å²) in [6, 6.07) is 5.75. The lowest BCUT2D eigenvalue weighted by Gasteiger charge is -2.26. The van der Waals surface area contributed by atoms with E-state index in [1.54, 1.807) is 6.20 Å².